The number of ether oxygens (including phenoxy) is 4. The van der Waals surface area contributed by atoms with E-state index in [0.717, 1.165) is 0 Å². The predicted molar refractivity (Wildman–Crippen MR) is 134 cm³/mol. The molecule has 0 saturated heterocycles. The first-order valence-corrected chi connectivity index (χ1v) is 11.9. The van der Waals surface area contributed by atoms with Gasteiger partial charge in [0.05, 0.1) is 26.9 Å². The number of nitrogens with one attached hydrogen (secondary N) is 1. The Kier molecular flexibility index (Phi) is 9.42. The maximum absolute atomic E-state index is 13.3. The van der Waals surface area contributed by atoms with Crippen molar-refractivity contribution in [3.63, 3.8) is 0 Å². The van der Waals surface area contributed by atoms with Gasteiger partial charge in [0.25, 0.3) is 11.8 Å². The molecular formula is C26H32N4O7. The highest BCUT2D eigenvalue weighted by Gasteiger charge is 2.27. The molecule has 0 aliphatic rings. The van der Waals surface area contributed by atoms with Gasteiger partial charge in [0, 0.05) is 17.8 Å². The van der Waals surface area contributed by atoms with Crippen LogP contribution in [0.5, 0.6) is 17.2 Å². The maximum Gasteiger partial charge on any atom is 0.514 e. The van der Waals surface area contributed by atoms with Crippen molar-refractivity contribution in [1.29, 1.82) is 0 Å². The summed E-state index contributed by atoms with van der Waals surface area (Å²) in [5, 5.41) is 6.98. The van der Waals surface area contributed by atoms with Gasteiger partial charge in [-0.05, 0) is 42.5 Å². The Balaban J connectivity index is 1.85. The van der Waals surface area contributed by atoms with Crippen LogP contribution in [0.2, 0.25) is 0 Å². The van der Waals surface area contributed by atoms with E-state index in [4.69, 9.17) is 23.5 Å². The van der Waals surface area contributed by atoms with Crippen molar-refractivity contribution in [3.8, 4) is 28.7 Å². The summed E-state index contributed by atoms with van der Waals surface area (Å²) in [5.41, 5.74) is 0.563. The average Bonchev–Trinajstić information content (AvgIpc) is 3.37. The number of hydrogen-bond acceptors (Lipinski definition) is 10. The summed E-state index contributed by atoms with van der Waals surface area (Å²) in [6.45, 7) is 7.96. The van der Waals surface area contributed by atoms with Crippen LogP contribution in [-0.2, 0) is 4.74 Å². The summed E-state index contributed by atoms with van der Waals surface area (Å²) < 4.78 is 26.3. The zero-order valence-corrected chi connectivity index (χ0v) is 21.8. The molecule has 1 amide bonds. The molecule has 2 heterocycles. The number of rotatable bonds is 11. The van der Waals surface area contributed by atoms with Crippen LogP contribution < -0.4 is 19.5 Å². The van der Waals surface area contributed by atoms with E-state index < -0.39 is 18.1 Å². The number of benzene rings is 1. The van der Waals surface area contributed by atoms with E-state index in [-0.39, 0.29) is 35.6 Å². The van der Waals surface area contributed by atoms with Crippen molar-refractivity contribution in [2.45, 2.75) is 40.2 Å². The number of hydrogen-bond donors (Lipinski definition) is 1. The van der Waals surface area contributed by atoms with Gasteiger partial charge in [-0.25, -0.2) is 9.78 Å². The molecule has 198 valence electrons. The van der Waals surface area contributed by atoms with Gasteiger partial charge >= 0.3 is 6.16 Å². The lowest BCUT2D eigenvalue weighted by Crippen LogP contribution is -2.31. The third kappa shape index (κ3) is 7.42. The summed E-state index contributed by atoms with van der Waals surface area (Å²) in [7, 11) is 2.98. The van der Waals surface area contributed by atoms with Crippen LogP contribution in [0.25, 0.3) is 11.5 Å². The smallest absolute Gasteiger partial charge is 0.497 e. The lowest BCUT2D eigenvalue weighted by atomic mass is 10.0. The molecule has 2 aromatic heterocycles. The molecule has 0 radical (unpaired) electrons. The maximum atomic E-state index is 13.3. The van der Waals surface area contributed by atoms with Crippen LogP contribution in [0.15, 0.2) is 41.1 Å². The van der Waals surface area contributed by atoms with Gasteiger partial charge in [0.2, 0.25) is 5.75 Å². The predicted octanol–water partition coefficient (Wildman–Crippen LogP) is 4.84. The summed E-state index contributed by atoms with van der Waals surface area (Å²) in [4.78, 5) is 34.2. The van der Waals surface area contributed by atoms with Crippen molar-refractivity contribution >= 4 is 12.1 Å². The molecule has 0 saturated carbocycles. The average molecular weight is 513 g/mol. The molecule has 0 fully saturated rings. The molecule has 11 heteroatoms. The SMILES string of the molecule is COc1ccc(-c2nc([C@H](CC(C)C)NC(=O)c3nccc(OC)c3OC(=O)OCC(C)C)no2)cc1. The number of carbonyl (C=O) groups excluding carboxylic acids is 2. The summed E-state index contributed by atoms with van der Waals surface area (Å²) in [5.74, 6) is 1.01. The minimum Gasteiger partial charge on any atom is -0.497 e. The summed E-state index contributed by atoms with van der Waals surface area (Å²) >= 11 is 0. The van der Waals surface area contributed by atoms with Crippen LogP contribution in [-0.4, -0.2) is 48.0 Å². The normalized spacial score (nSPS) is 11.8. The van der Waals surface area contributed by atoms with E-state index in [2.05, 4.69) is 20.4 Å². The fourth-order valence-corrected chi connectivity index (χ4v) is 3.35. The lowest BCUT2D eigenvalue weighted by molar-refractivity contribution is 0.0849. The van der Waals surface area contributed by atoms with Gasteiger partial charge in [-0.2, -0.15) is 4.98 Å². The van der Waals surface area contributed by atoms with Crippen LogP contribution in [0, 0.1) is 11.8 Å². The van der Waals surface area contributed by atoms with E-state index in [1.807, 2.05) is 27.7 Å². The van der Waals surface area contributed by atoms with Crippen LogP contribution >= 0.6 is 0 Å². The number of aromatic nitrogens is 3. The van der Waals surface area contributed by atoms with Crippen LogP contribution in [0.4, 0.5) is 4.79 Å². The van der Waals surface area contributed by atoms with Crippen LogP contribution in [0.1, 0.15) is 56.5 Å². The van der Waals surface area contributed by atoms with Crippen LogP contribution in [0.3, 0.4) is 0 Å². The molecule has 1 aromatic carbocycles. The third-order valence-electron chi connectivity index (χ3n) is 5.13. The Morgan fingerprint density at radius 3 is 2.35 bits per heavy atom. The standard InChI is InChI=1S/C26H32N4O7/c1-15(2)13-19(23-29-25(37-30-23)17-7-9-18(33-5)10-8-17)28-24(31)21-22(20(34-6)11-12-27-21)36-26(32)35-14-16(3)4/h7-12,15-16,19H,13-14H2,1-6H3,(H,28,31)/t19-/m0/s1. The Bertz CT molecular complexity index is 1190. The Labute approximate surface area is 215 Å². The largest absolute Gasteiger partial charge is 0.514 e. The van der Waals surface area contributed by atoms with Crippen molar-refractivity contribution in [2.24, 2.45) is 11.8 Å². The van der Waals surface area contributed by atoms with E-state index in [1.165, 1.54) is 19.4 Å². The third-order valence-corrected chi connectivity index (χ3v) is 5.13. The number of amides is 1. The van der Waals surface area contributed by atoms with Crippen molar-refractivity contribution < 1.29 is 33.1 Å². The molecule has 0 aliphatic carbocycles. The van der Waals surface area contributed by atoms with E-state index in [1.54, 1.807) is 31.4 Å². The number of carbonyl (C=O) groups is 2. The zero-order chi connectivity index (χ0) is 26.9. The van der Waals surface area contributed by atoms with E-state index in [9.17, 15) is 9.59 Å². The van der Waals surface area contributed by atoms with Gasteiger partial charge in [0.1, 0.15) is 5.75 Å². The van der Waals surface area contributed by atoms with Gasteiger partial charge < -0.3 is 28.8 Å². The summed E-state index contributed by atoms with van der Waals surface area (Å²) in [6, 6.07) is 8.05. The molecule has 0 spiro atoms. The van der Waals surface area contributed by atoms with Gasteiger partial charge in [-0.3, -0.25) is 4.79 Å². The molecule has 37 heavy (non-hydrogen) atoms. The second-order valence-corrected chi connectivity index (χ2v) is 9.09. The molecule has 1 N–H and O–H groups in total. The number of nitrogens with zero attached hydrogens (tertiary/aromatic N) is 3. The minimum atomic E-state index is -0.963. The first-order valence-electron chi connectivity index (χ1n) is 11.9. The fraction of sp³-hybridized carbons (Fsp3) is 0.423. The van der Waals surface area contributed by atoms with Gasteiger partial charge in [0.15, 0.2) is 17.3 Å². The lowest BCUT2D eigenvalue weighted by Gasteiger charge is -2.18. The Hall–Kier alpha value is -4.15. The topological polar surface area (TPSA) is 135 Å². The summed E-state index contributed by atoms with van der Waals surface area (Å²) in [6.07, 6.45) is 0.937. The van der Waals surface area contributed by atoms with Gasteiger partial charge in [-0.15, -0.1) is 0 Å². The van der Waals surface area contributed by atoms with E-state index in [0.29, 0.717) is 29.4 Å². The Morgan fingerprint density at radius 2 is 1.73 bits per heavy atom. The van der Waals surface area contributed by atoms with Gasteiger partial charge in [-0.1, -0.05) is 32.9 Å². The second-order valence-electron chi connectivity index (χ2n) is 9.09. The molecule has 11 nitrogen and oxygen atoms in total. The quantitative estimate of drug-likeness (QED) is 0.356. The molecule has 0 bridgehead atoms. The number of pyridine rings is 1. The van der Waals surface area contributed by atoms with Crippen molar-refractivity contribution in [2.75, 3.05) is 20.8 Å². The molecule has 1 atom stereocenters. The molecule has 0 aliphatic heterocycles. The highest BCUT2D eigenvalue weighted by molar-refractivity contribution is 5.96. The Morgan fingerprint density at radius 1 is 1.00 bits per heavy atom. The van der Waals surface area contributed by atoms with Crippen molar-refractivity contribution in [1.82, 2.24) is 20.4 Å². The number of methoxy groups -OCH3 is 2. The van der Waals surface area contributed by atoms with E-state index >= 15 is 0 Å². The second kappa shape index (κ2) is 12.7. The zero-order valence-electron chi connectivity index (χ0n) is 21.8. The highest BCUT2D eigenvalue weighted by atomic mass is 16.7. The molecular weight excluding hydrogens is 480 g/mol. The molecule has 3 aromatic rings. The monoisotopic (exact) mass is 512 g/mol. The first-order chi connectivity index (χ1) is 17.7. The van der Waals surface area contributed by atoms with Crippen molar-refractivity contribution in [3.05, 3.63) is 48.0 Å². The first kappa shape index (κ1) is 27.4. The highest BCUT2D eigenvalue weighted by Crippen LogP contribution is 2.31. The minimum absolute atomic E-state index is 0.112. The molecule has 3 rings (SSSR count). The molecule has 0 unspecified atom stereocenters. The fourth-order valence-electron chi connectivity index (χ4n) is 3.35.